The second kappa shape index (κ2) is 7.23. The van der Waals surface area contributed by atoms with Crippen LogP contribution < -0.4 is 10.6 Å². The van der Waals surface area contributed by atoms with Gasteiger partial charge >= 0.3 is 0 Å². The van der Waals surface area contributed by atoms with Crippen molar-refractivity contribution in [3.63, 3.8) is 0 Å². The van der Waals surface area contributed by atoms with E-state index in [9.17, 15) is 13.6 Å². The number of benzene rings is 2. The van der Waals surface area contributed by atoms with E-state index in [2.05, 4.69) is 21.7 Å². The number of hydrogen-bond donors (Lipinski definition) is 3. The summed E-state index contributed by atoms with van der Waals surface area (Å²) in [5.74, 6) is -2.23. The van der Waals surface area contributed by atoms with Gasteiger partial charge in [-0.05, 0) is 36.7 Å². The number of fused-ring (bicyclic) bond motifs is 1. The third-order valence-electron chi connectivity index (χ3n) is 3.73. The molecule has 0 aliphatic heterocycles. The molecule has 3 aromatic rings. The van der Waals surface area contributed by atoms with Crippen LogP contribution in [0.15, 0.2) is 48.7 Å². The van der Waals surface area contributed by atoms with Crippen LogP contribution in [-0.4, -0.2) is 24.0 Å². The number of aromatic nitrogens is 1. The number of H-pyrrole nitrogens is 1. The van der Waals surface area contributed by atoms with Gasteiger partial charge in [-0.25, -0.2) is 8.78 Å². The first-order valence-corrected chi connectivity index (χ1v) is 7.64. The number of amides is 1. The monoisotopic (exact) mass is 329 g/mol. The van der Waals surface area contributed by atoms with Gasteiger partial charge in [0.05, 0.1) is 6.54 Å². The van der Waals surface area contributed by atoms with E-state index < -0.39 is 11.6 Å². The van der Waals surface area contributed by atoms with Crippen LogP contribution in [-0.2, 0) is 11.2 Å². The second-order valence-corrected chi connectivity index (χ2v) is 5.46. The molecule has 0 aliphatic carbocycles. The van der Waals surface area contributed by atoms with Crippen molar-refractivity contribution in [3.8, 4) is 0 Å². The molecule has 1 aromatic heterocycles. The molecular weight excluding hydrogens is 312 g/mol. The van der Waals surface area contributed by atoms with Crippen molar-refractivity contribution in [2.45, 2.75) is 6.42 Å². The molecule has 124 valence electrons. The van der Waals surface area contributed by atoms with E-state index in [0.717, 1.165) is 24.1 Å². The molecular formula is C18H17F2N3O. The maximum Gasteiger partial charge on any atom is 0.238 e. The average Bonchev–Trinajstić information content (AvgIpc) is 2.98. The van der Waals surface area contributed by atoms with Crippen molar-refractivity contribution >= 4 is 22.5 Å². The van der Waals surface area contributed by atoms with Gasteiger partial charge < -0.3 is 15.6 Å². The molecule has 1 amide bonds. The zero-order chi connectivity index (χ0) is 16.9. The summed E-state index contributed by atoms with van der Waals surface area (Å²) in [7, 11) is 0. The molecule has 3 N–H and O–H groups in total. The number of para-hydroxylation sites is 1. The normalized spacial score (nSPS) is 10.9. The fraction of sp³-hybridized carbons (Fsp3) is 0.167. The Kier molecular flexibility index (Phi) is 4.86. The molecule has 0 spiro atoms. The highest BCUT2D eigenvalue weighted by Gasteiger charge is 2.07. The molecule has 6 heteroatoms. The molecule has 0 saturated heterocycles. The van der Waals surface area contributed by atoms with E-state index >= 15 is 0 Å². The van der Waals surface area contributed by atoms with Crippen molar-refractivity contribution in [2.24, 2.45) is 0 Å². The van der Waals surface area contributed by atoms with Crippen LogP contribution in [0, 0.1) is 11.6 Å². The molecule has 3 rings (SSSR count). The van der Waals surface area contributed by atoms with E-state index in [-0.39, 0.29) is 18.1 Å². The summed E-state index contributed by atoms with van der Waals surface area (Å²) in [6.07, 6.45) is 2.75. The molecule has 2 aromatic carbocycles. The Balaban J connectivity index is 1.46. The van der Waals surface area contributed by atoms with Gasteiger partial charge in [-0.3, -0.25) is 4.79 Å². The van der Waals surface area contributed by atoms with Crippen LogP contribution in [0.5, 0.6) is 0 Å². The Labute approximate surface area is 137 Å². The molecule has 0 atom stereocenters. The molecule has 0 fully saturated rings. The van der Waals surface area contributed by atoms with Crippen LogP contribution in [0.4, 0.5) is 14.5 Å². The lowest BCUT2D eigenvalue weighted by molar-refractivity contribution is -0.115. The summed E-state index contributed by atoms with van der Waals surface area (Å²) in [5, 5.41) is 6.73. The van der Waals surface area contributed by atoms with Crippen LogP contribution >= 0.6 is 0 Å². The number of hydrogen-bond acceptors (Lipinski definition) is 2. The molecule has 0 radical (unpaired) electrons. The van der Waals surface area contributed by atoms with E-state index in [1.54, 1.807) is 0 Å². The first-order valence-electron chi connectivity index (χ1n) is 7.64. The Bertz CT molecular complexity index is 860. The van der Waals surface area contributed by atoms with Crippen LogP contribution in [0.1, 0.15) is 5.56 Å². The van der Waals surface area contributed by atoms with Crippen molar-refractivity contribution in [3.05, 3.63) is 65.9 Å². The first kappa shape index (κ1) is 16.1. The Morgan fingerprint density at radius 3 is 2.75 bits per heavy atom. The highest BCUT2D eigenvalue weighted by atomic mass is 19.2. The number of halogens is 2. The largest absolute Gasteiger partial charge is 0.361 e. The molecule has 1 heterocycles. The molecule has 0 aliphatic rings. The van der Waals surface area contributed by atoms with Gasteiger partial charge in [-0.1, -0.05) is 18.2 Å². The standard InChI is InChI=1S/C18H17F2N3O/c19-15-6-5-13(9-16(15)20)23-18(24)11-21-8-7-12-10-22-17-4-2-1-3-14(12)17/h1-6,9-10,21-22H,7-8,11H2,(H,23,24). The van der Waals surface area contributed by atoms with Gasteiger partial charge in [-0.2, -0.15) is 0 Å². The van der Waals surface area contributed by atoms with Crippen LogP contribution in [0.3, 0.4) is 0 Å². The van der Waals surface area contributed by atoms with Crippen molar-refractivity contribution in [1.29, 1.82) is 0 Å². The smallest absolute Gasteiger partial charge is 0.238 e. The van der Waals surface area contributed by atoms with E-state index in [1.807, 2.05) is 24.4 Å². The Morgan fingerprint density at radius 2 is 1.92 bits per heavy atom. The van der Waals surface area contributed by atoms with Crippen LogP contribution in [0.2, 0.25) is 0 Å². The maximum atomic E-state index is 13.1. The van der Waals surface area contributed by atoms with Gasteiger partial charge in [0.1, 0.15) is 0 Å². The maximum absolute atomic E-state index is 13.1. The molecule has 0 saturated carbocycles. The van der Waals surface area contributed by atoms with E-state index in [4.69, 9.17) is 0 Å². The lowest BCUT2D eigenvalue weighted by atomic mass is 10.1. The molecule has 0 bridgehead atoms. The number of nitrogens with one attached hydrogen (secondary N) is 3. The lowest BCUT2D eigenvalue weighted by Gasteiger charge is -2.07. The molecule has 0 unspecified atom stereocenters. The minimum atomic E-state index is -0.986. The summed E-state index contributed by atoms with van der Waals surface area (Å²) in [4.78, 5) is 15.0. The zero-order valence-corrected chi connectivity index (χ0v) is 12.9. The number of carbonyl (C=O) groups excluding carboxylic acids is 1. The predicted octanol–water partition coefficient (Wildman–Crippen LogP) is 3.22. The van der Waals surface area contributed by atoms with E-state index in [0.29, 0.717) is 6.54 Å². The quantitative estimate of drug-likeness (QED) is 0.608. The third-order valence-corrected chi connectivity index (χ3v) is 3.73. The Morgan fingerprint density at radius 1 is 1.08 bits per heavy atom. The van der Waals surface area contributed by atoms with Gasteiger partial charge in [0.2, 0.25) is 5.91 Å². The second-order valence-electron chi connectivity index (χ2n) is 5.46. The summed E-state index contributed by atoms with van der Waals surface area (Å²) >= 11 is 0. The highest BCUT2D eigenvalue weighted by Crippen LogP contribution is 2.17. The molecule has 24 heavy (non-hydrogen) atoms. The SMILES string of the molecule is O=C(CNCCc1c[nH]c2ccccc12)Nc1ccc(F)c(F)c1. The number of carbonyl (C=O) groups is 1. The predicted molar refractivity (Wildman–Crippen MR) is 89.9 cm³/mol. The molecule has 4 nitrogen and oxygen atoms in total. The van der Waals surface area contributed by atoms with Crippen molar-refractivity contribution in [1.82, 2.24) is 10.3 Å². The zero-order valence-electron chi connectivity index (χ0n) is 12.9. The van der Waals surface area contributed by atoms with Gasteiger partial charge in [0.15, 0.2) is 11.6 Å². The third kappa shape index (κ3) is 3.78. The summed E-state index contributed by atoms with van der Waals surface area (Å²) in [5.41, 5.74) is 2.50. The summed E-state index contributed by atoms with van der Waals surface area (Å²) < 4.78 is 25.9. The van der Waals surface area contributed by atoms with Gasteiger partial charge in [-0.15, -0.1) is 0 Å². The van der Waals surface area contributed by atoms with Crippen molar-refractivity contribution < 1.29 is 13.6 Å². The Hall–Kier alpha value is -2.73. The number of rotatable bonds is 6. The average molecular weight is 329 g/mol. The number of aromatic amines is 1. The minimum Gasteiger partial charge on any atom is -0.361 e. The highest BCUT2D eigenvalue weighted by molar-refractivity contribution is 5.92. The summed E-state index contributed by atoms with van der Waals surface area (Å²) in [6, 6.07) is 11.3. The summed E-state index contributed by atoms with van der Waals surface area (Å²) in [6.45, 7) is 0.731. The lowest BCUT2D eigenvalue weighted by Crippen LogP contribution is -2.29. The van der Waals surface area contributed by atoms with Gasteiger partial charge in [0.25, 0.3) is 0 Å². The minimum absolute atomic E-state index is 0.0986. The number of anilines is 1. The fourth-order valence-electron chi connectivity index (χ4n) is 2.54. The van der Waals surface area contributed by atoms with Gasteiger partial charge in [0, 0.05) is 28.9 Å². The van der Waals surface area contributed by atoms with Crippen LogP contribution in [0.25, 0.3) is 10.9 Å². The topological polar surface area (TPSA) is 56.9 Å². The fourth-order valence-corrected chi connectivity index (χ4v) is 2.54. The first-order chi connectivity index (χ1) is 11.6. The van der Waals surface area contributed by atoms with E-state index in [1.165, 1.54) is 17.0 Å². The van der Waals surface area contributed by atoms with Crippen molar-refractivity contribution in [2.75, 3.05) is 18.4 Å².